The van der Waals surface area contributed by atoms with Crippen LogP contribution in [0.15, 0.2) is 29.1 Å². The van der Waals surface area contributed by atoms with Gasteiger partial charge >= 0.3 is 0 Å². The van der Waals surface area contributed by atoms with Gasteiger partial charge in [-0.2, -0.15) is 5.26 Å². The van der Waals surface area contributed by atoms with Crippen LogP contribution in [0.2, 0.25) is 0 Å². The molecule has 25 heavy (non-hydrogen) atoms. The van der Waals surface area contributed by atoms with Crippen molar-refractivity contribution in [2.75, 3.05) is 5.32 Å². The molecule has 1 aromatic carbocycles. The maximum Gasteiger partial charge on any atom is 0.266 e. The molecule has 0 aliphatic rings. The molecule has 3 rings (SSSR count). The van der Waals surface area contributed by atoms with Gasteiger partial charge in [0.15, 0.2) is 5.13 Å². The van der Waals surface area contributed by atoms with Crippen LogP contribution in [-0.2, 0) is 11.2 Å². The summed E-state index contributed by atoms with van der Waals surface area (Å²) in [6.45, 7) is 3.51. The fraction of sp³-hybridized carbons (Fsp3) is 0.222. The Bertz CT molecular complexity index is 1030. The molecule has 0 unspecified atom stereocenters. The number of amides is 1. The second-order valence-electron chi connectivity index (χ2n) is 5.70. The number of fused-ring (bicyclic) bond motifs is 1. The van der Waals surface area contributed by atoms with E-state index in [1.807, 2.05) is 30.3 Å². The third-order valence-electron chi connectivity index (χ3n) is 4.06. The lowest BCUT2D eigenvalue weighted by molar-refractivity contribution is -0.116. The van der Waals surface area contributed by atoms with Gasteiger partial charge in [-0.05, 0) is 43.5 Å². The van der Waals surface area contributed by atoms with E-state index in [0.717, 1.165) is 15.8 Å². The second kappa shape index (κ2) is 6.87. The van der Waals surface area contributed by atoms with E-state index in [2.05, 4.69) is 15.3 Å². The molecule has 0 radical (unpaired) electrons. The van der Waals surface area contributed by atoms with Gasteiger partial charge in [-0.25, -0.2) is 4.98 Å². The minimum absolute atomic E-state index is 0.104. The summed E-state index contributed by atoms with van der Waals surface area (Å²) in [5, 5.41) is 12.5. The number of aryl methyl sites for hydroxylation is 1. The van der Waals surface area contributed by atoms with Crippen molar-refractivity contribution < 1.29 is 4.79 Å². The van der Waals surface area contributed by atoms with Crippen molar-refractivity contribution >= 4 is 32.6 Å². The summed E-state index contributed by atoms with van der Waals surface area (Å²) < 4.78 is 1.02. The first kappa shape index (κ1) is 16.9. The molecule has 0 spiro atoms. The van der Waals surface area contributed by atoms with Crippen LogP contribution in [0.5, 0.6) is 0 Å². The highest BCUT2D eigenvalue weighted by atomic mass is 32.1. The zero-order chi connectivity index (χ0) is 18.0. The molecule has 2 heterocycles. The number of nitriles is 1. The molecule has 0 saturated carbocycles. The Hall–Kier alpha value is -2.98. The Morgan fingerprint density at radius 1 is 1.36 bits per heavy atom. The highest BCUT2D eigenvalue weighted by molar-refractivity contribution is 7.22. The molecular weight excluding hydrogens is 336 g/mol. The smallest absolute Gasteiger partial charge is 0.266 e. The zero-order valence-electron chi connectivity index (χ0n) is 13.8. The molecule has 0 atom stereocenters. The number of aromatic nitrogens is 2. The molecule has 0 saturated heterocycles. The summed E-state index contributed by atoms with van der Waals surface area (Å²) in [7, 11) is 0. The number of H-pyrrole nitrogens is 1. The number of benzene rings is 1. The largest absolute Gasteiger partial charge is 0.325 e. The van der Waals surface area contributed by atoms with Crippen molar-refractivity contribution in [1.29, 1.82) is 5.26 Å². The van der Waals surface area contributed by atoms with Crippen molar-refractivity contribution in [3.8, 4) is 6.07 Å². The van der Waals surface area contributed by atoms with Crippen LogP contribution >= 0.6 is 11.3 Å². The standard InChI is InChI=1S/C18H16N4O2S/c1-10-12(11(2)20-17(24)13(10)9-19)7-8-16(23)22-18-21-14-5-3-4-6-15(14)25-18/h3-6H,7-8H2,1-2H3,(H,20,24)(H,21,22,23). The van der Waals surface area contributed by atoms with E-state index in [0.29, 0.717) is 22.8 Å². The van der Waals surface area contributed by atoms with E-state index >= 15 is 0 Å². The number of aromatic amines is 1. The molecular formula is C18H16N4O2S. The average molecular weight is 352 g/mol. The van der Waals surface area contributed by atoms with Gasteiger partial charge in [0, 0.05) is 12.1 Å². The minimum Gasteiger partial charge on any atom is -0.325 e. The first-order valence-electron chi connectivity index (χ1n) is 7.77. The summed E-state index contributed by atoms with van der Waals surface area (Å²) in [4.78, 5) is 31.0. The van der Waals surface area contributed by atoms with Crippen LogP contribution in [-0.4, -0.2) is 15.9 Å². The number of carbonyl (C=O) groups excluding carboxylic acids is 1. The Labute approximate surface area is 148 Å². The lowest BCUT2D eigenvalue weighted by Gasteiger charge is -2.10. The van der Waals surface area contributed by atoms with Gasteiger partial charge in [0.05, 0.1) is 10.2 Å². The summed E-state index contributed by atoms with van der Waals surface area (Å²) in [5.41, 5.74) is 2.72. The predicted molar refractivity (Wildman–Crippen MR) is 97.8 cm³/mol. The molecule has 1 amide bonds. The molecule has 2 N–H and O–H groups in total. The van der Waals surface area contributed by atoms with Crippen molar-refractivity contribution in [3.63, 3.8) is 0 Å². The Morgan fingerprint density at radius 3 is 2.84 bits per heavy atom. The van der Waals surface area contributed by atoms with Crippen LogP contribution in [0.4, 0.5) is 5.13 Å². The van der Waals surface area contributed by atoms with Crippen molar-refractivity contribution in [3.05, 3.63) is 57.0 Å². The SMILES string of the molecule is Cc1[nH]c(=O)c(C#N)c(C)c1CCC(=O)Nc1nc2ccccc2s1. The number of anilines is 1. The molecule has 0 aliphatic heterocycles. The molecule has 0 fully saturated rings. The summed E-state index contributed by atoms with van der Waals surface area (Å²) in [5.74, 6) is -0.150. The number of para-hydroxylation sites is 1. The van der Waals surface area contributed by atoms with Crippen LogP contribution in [0.1, 0.15) is 28.8 Å². The highest BCUT2D eigenvalue weighted by Crippen LogP contribution is 2.25. The topological polar surface area (TPSA) is 98.6 Å². The molecule has 2 aromatic heterocycles. The van der Waals surface area contributed by atoms with Crippen LogP contribution in [0.25, 0.3) is 10.2 Å². The maximum absolute atomic E-state index is 12.2. The molecule has 6 nitrogen and oxygen atoms in total. The quantitative estimate of drug-likeness (QED) is 0.754. The third-order valence-corrected chi connectivity index (χ3v) is 5.01. The number of hydrogen-bond donors (Lipinski definition) is 2. The normalized spacial score (nSPS) is 10.6. The average Bonchev–Trinajstić information content (AvgIpc) is 2.96. The first-order chi connectivity index (χ1) is 12.0. The van der Waals surface area contributed by atoms with Crippen molar-refractivity contribution in [1.82, 2.24) is 9.97 Å². The maximum atomic E-state index is 12.2. The number of pyridine rings is 1. The number of hydrogen-bond acceptors (Lipinski definition) is 5. The number of carbonyl (C=O) groups is 1. The first-order valence-corrected chi connectivity index (χ1v) is 8.59. The number of nitrogens with zero attached hydrogens (tertiary/aromatic N) is 2. The molecule has 0 aliphatic carbocycles. The van der Waals surface area contributed by atoms with E-state index in [1.165, 1.54) is 11.3 Å². The number of rotatable bonds is 4. The van der Waals surface area contributed by atoms with Crippen LogP contribution < -0.4 is 10.9 Å². The van der Waals surface area contributed by atoms with Crippen LogP contribution in [0, 0.1) is 25.2 Å². The Kier molecular flexibility index (Phi) is 4.63. The number of thiazole rings is 1. The van der Waals surface area contributed by atoms with Gasteiger partial charge in [-0.1, -0.05) is 23.5 Å². The van der Waals surface area contributed by atoms with E-state index in [-0.39, 0.29) is 23.5 Å². The van der Waals surface area contributed by atoms with Gasteiger partial charge in [-0.15, -0.1) is 0 Å². The lowest BCUT2D eigenvalue weighted by Crippen LogP contribution is -2.18. The minimum atomic E-state index is -0.389. The molecule has 0 bridgehead atoms. The van der Waals surface area contributed by atoms with Crippen molar-refractivity contribution in [2.24, 2.45) is 0 Å². The Balaban J connectivity index is 1.72. The monoisotopic (exact) mass is 352 g/mol. The fourth-order valence-corrected chi connectivity index (χ4v) is 3.65. The van der Waals surface area contributed by atoms with Gasteiger partial charge in [0.2, 0.25) is 5.91 Å². The molecule has 126 valence electrons. The zero-order valence-corrected chi connectivity index (χ0v) is 14.7. The predicted octanol–water partition coefficient (Wildman–Crippen LogP) is 3.04. The summed E-state index contributed by atoms with van der Waals surface area (Å²) in [6.07, 6.45) is 0.689. The van der Waals surface area contributed by atoms with Gasteiger partial charge in [-0.3, -0.25) is 9.59 Å². The van der Waals surface area contributed by atoms with E-state index < -0.39 is 0 Å². The van der Waals surface area contributed by atoms with Crippen LogP contribution in [0.3, 0.4) is 0 Å². The fourth-order valence-electron chi connectivity index (χ4n) is 2.77. The van der Waals surface area contributed by atoms with Gasteiger partial charge in [0.1, 0.15) is 11.6 Å². The number of nitrogens with one attached hydrogen (secondary N) is 2. The molecule has 3 aromatic rings. The van der Waals surface area contributed by atoms with E-state index in [4.69, 9.17) is 5.26 Å². The third kappa shape index (κ3) is 3.44. The van der Waals surface area contributed by atoms with Crippen molar-refractivity contribution in [2.45, 2.75) is 26.7 Å². The van der Waals surface area contributed by atoms with E-state index in [9.17, 15) is 9.59 Å². The lowest BCUT2D eigenvalue weighted by atomic mass is 9.99. The van der Waals surface area contributed by atoms with E-state index in [1.54, 1.807) is 13.8 Å². The highest BCUT2D eigenvalue weighted by Gasteiger charge is 2.14. The van der Waals surface area contributed by atoms with Gasteiger partial charge in [0.25, 0.3) is 5.56 Å². The van der Waals surface area contributed by atoms with Gasteiger partial charge < -0.3 is 10.3 Å². The second-order valence-corrected chi connectivity index (χ2v) is 6.74. The summed E-state index contributed by atoms with van der Waals surface area (Å²) in [6, 6.07) is 9.62. The molecule has 7 heteroatoms. The summed E-state index contributed by atoms with van der Waals surface area (Å²) >= 11 is 1.43. The Morgan fingerprint density at radius 2 is 2.12 bits per heavy atom.